The van der Waals surface area contributed by atoms with Crippen molar-refractivity contribution in [2.75, 3.05) is 0 Å². The molecule has 0 amide bonds. The predicted octanol–water partition coefficient (Wildman–Crippen LogP) is 4.44. The van der Waals surface area contributed by atoms with Gasteiger partial charge in [0.2, 0.25) is 0 Å². The fraction of sp³-hybridized carbons (Fsp3) is 0.600. The summed E-state index contributed by atoms with van der Waals surface area (Å²) in [4.78, 5) is 22.4. The predicted molar refractivity (Wildman–Crippen MR) is 102 cm³/mol. The van der Waals surface area contributed by atoms with Crippen LogP contribution in [0.2, 0.25) is 0 Å². The SMILES string of the molecule is CCCCCCCCCC(CC(C(=O)O)C(=O)O)c1ccccc1.[LiH]. The van der Waals surface area contributed by atoms with Gasteiger partial charge < -0.3 is 10.2 Å². The third kappa shape index (κ3) is 9.72. The fourth-order valence-electron chi connectivity index (χ4n) is 3.09. The Morgan fingerprint density at radius 2 is 1.40 bits per heavy atom. The van der Waals surface area contributed by atoms with Crippen molar-refractivity contribution < 1.29 is 19.8 Å². The molecule has 0 saturated carbocycles. The van der Waals surface area contributed by atoms with Crippen molar-refractivity contribution in [2.24, 2.45) is 5.92 Å². The molecule has 0 aliphatic heterocycles. The van der Waals surface area contributed by atoms with Crippen molar-refractivity contribution in [3.63, 3.8) is 0 Å². The Labute approximate surface area is 163 Å². The van der Waals surface area contributed by atoms with Gasteiger partial charge >= 0.3 is 30.8 Å². The van der Waals surface area contributed by atoms with Gasteiger partial charge in [0.25, 0.3) is 0 Å². The summed E-state index contributed by atoms with van der Waals surface area (Å²) in [6.45, 7) is 2.20. The number of hydrogen-bond acceptors (Lipinski definition) is 2. The molecule has 1 unspecified atom stereocenters. The molecule has 25 heavy (non-hydrogen) atoms. The summed E-state index contributed by atoms with van der Waals surface area (Å²) in [5.41, 5.74) is 1.04. The average molecular weight is 342 g/mol. The molecule has 0 aliphatic carbocycles. The second-order valence-electron chi connectivity index (χ2n) is 6.48. The van der Waals surface area contributed by atoms with E-state index in [9.17, 15) is 9.59 Å². The zero-order valence-electron chi connectivity index (χ0n) is 14.6. The van der Waals surface area contributed by atoms with Gasteiger partial charge in [0, 0.05) is 0 Å². The van der Waals surface area contributed by atoms with E-state index in [1.165, 1.54) is 32.1 Å². The van der Waals surface area contributed by atoms with Gasteiger partial charge in [-0.15, -0.1) is 0 Å². The molecule has 1 aromatic carbocycles. The number of benzene rings is 1. The van der Waals surface area contributed by atoms with Crippen LogP contribution in [0.5, 0.6) is 0 Å². The first-order chi connectivity index (χ1) is 11.6. The summed E-state index contributed by atoms with van der Waals surface area (Å²) < 4.78 is 0. The number of rotatable bonds is 13. The quantitative estimate of drug-likeness (QED) is 0.316. The zero-order chi connectivity index (χ0) is 17.8. The van der Waals surface area contributed by atoms with Crippen LogP contribution >= 0.6 is 0 Å². The molecule has 2 N–H and O–H groups in total. The molecule has 4 nitrogen and oxygen atoms in total. The van der Waals surface area contributed by atoms with Crippen molar-refractivity contribution in [1.29, 1.82) is 0 Å². The molecule has 0 aliphatic rings. The Bertz CT molecular complexity index is 476. The zero-order valence-corrected chi connectivity index (χ0v) is 14.6. The van der Waals surface area contributed by atoms with Crippen LogP contribution < -0.4 is 0 Å². The average Bonchev–Trinajstić information content (AvgIpc) is 2.56. The number of aliphatic carboxylic acids is 2. The first-order valence-electron chi connectivity index (χ1n) is 9.06. The van der Waals surface area contributed by atoms with Gasteiger partial charge in [-0.25, -0.2) is 0 Å². The van der Waals surface area contributed by atoms with Gasteiger partial charge in [-0.2, -0.15) is 0 Å². The normalized spacial score (nSPS) is 11.8. The molecule has 1 atom stereocenters. The van der Waals surface area contributed by atoms with Crippen LogP contribution in [0.4, 0.5) is 0 Å². The first kappa shape index (κ1) is 23.8. The van der Waals surface area contributed by atoms with Gasteiger partial charge in [0.1, 0.15) is 0 Å². The maximum atomic E-state index is 11.2. The van der Waals surface area contributed by atoms with Crippen LogP contribution in [0, 0.1) is 5.92 Å². The minimum atomic E-state index is -1.33. The molecule has 0 bridgehead atoms. The first-order valence-corrected chi connectivity index (χ1v) is 9.06. The number of unbranched alkanes of at least 4 members (excludes halogenated alkanes) is 6. The fourth-order valence-corrected chi connectivity index (χ4v) is 3.09. The second-order valence-corrected chi connectivity index (χ2v) is 6.48. The summed E-state index contributed by atoms with van der Waals surface area (Å²) in [5.74, 6) is -3.84. The van der Waals surface area contributed by atoms with Crippen molar-refractivity contribution >= 4 is 30.8 Å². The van der Waals surface area contributed by atoms with E-state index in [1.807, 2.05) is 30.3 Å². The van der Waals surface area contributed by atoms with Crippen molar-refractivity contribution in [3.05, 3.63) is 35.9 Å². The molecule has 0 aromatic heterocycles. The van der Waals surface area contributed by atoms with Gasteiger partial charge in [0.15, 0.2) is 5.92 Å². The van der Waals surface area contributed by atoms with Crippen LogP contribution in [0.15, 0.2) is 30.3 Å². The number of hydrogen-bond donors (Lipinski definition) is 2. The third-order valence-corrected chi connectivity index (χ3v) is 4.54. The van der Waals surface area contributed by atoms with Crippen LogP contribution in [0.25, 0.3) is 0 Å². The molecular formula is C20H31LiO4. The van der Waals surface area contributed by atoms with E-state index in [0.717, 1.165) is 24.8 Å². The van der Waals surface area contributed by atoms with Gasteiger partial charge in [-0.1, -0.05) is 82.2 Å². The van der Waals surface area contributed by atoms with E-state index in [2.05, 4.69) is 6.92 Å². The minimum absolute atomic E-state index is 0. The van der Waals surface area contributed by atoms with Crippen LogP contribution in [-0.2, 0) is 9.59 Å². The van der Waals surface area contributed by atoms with Crippen molar-refractivity contribution in [2.45, 2.75) is 70.6 Å². The standard InChI is InChI=1S/C20H30O4.Li.H/c1-2-3-4-5-6-7-9-14-17(16-12-10-8-11-13-16)15-18(19(21)22)20(23)24;;/h8,10-13,17-18H,2-7,9,14-15H2,1H3,(H,21,22)(H,23,24);;. The molecule has 0 spiro atoms. The molecular weight excluding hydrogens is 311 g/mol. The summed E-state index contributed by atoms with van der Waals surface area (Å²) >= 11 is 0. The molecule has 1 rings (SSSR count). The van der Waals surface area contributed by atoms with Crippen molar-refractivity contribution in [3.8, 4) is 0 Å². The van der Waals surface area contributed by atoms with Crippen LogP contribution in [-0.4, -0.2) is 41.0 Å². The van der Waals surface area contributed by atoms with E-state index >= 15 is 0 Å². The maximum absolute atomic E-state index is 11.2. The van der Waals surface area contributed by atoms with E-state index in [4.69, 9.17) is 10.2 Å². The van der Waals surface area contributed by atoms with E-state index in [0.29, 0.717) is 0 Å². The Morgan fingerprint density at radius 1 is 0.880 bits per heavy atom. The summed E-state index contributed by atoms with van der Waals surface area (Å²) in [6, 6.07) is 9.69. The molecule has 0 fully saturated rings. The summed E-state index contributed by atoms with van der Waals surface area (Å²) in [6.07, 6.45) is 9.38. The topological polar surface area (TPSA) is 74.6 Å². The van der Waals surface area contributed by atoms with E-state index < -0.39 is 17.9 Å². The Balaban J connectivity index is 0.00000576. The summed E-state index contributed by atoms with van der Waals surface area (Å²) in [7, 11) is 0. The Kier molecular flexibility index (Phi) is 13.3. The molecule has 0 heterocycles. The number of carboxylic acids is 2. The molecule has 1 aromatic rings. The Morgan fingerprint density at radius 3 is 1.92 bits per heavy atom. The monoisotopic (exact) mass is 342 g/mol. The van der Waals surface area contributed by atoms with Crippen LogP contribution in [0.1, 0.15) is 76.2 Å². The van der Waals surface area contributed by atoms with Gasteiger partial charge in [-0.05, 0) is 24.3 Å². The van der Waals surface area contributed by atoms with Gasteiger partial charge in [0.05, 0.1) is 0 Å². The Hall–Kier alpha value is -1.24. The summed E-state index contributed by atoms with van der Waals surface area (Å²) in [5, 5.41) is 18.3. The van der Waals surface area contributed by atoms with E-state index in [1.54, 1.807) is 0 Å². The van der Waals surface area contributed by atoms with E-state index in [-0.39, 0.29) is 31.2 Å². The number of carbonyl (C=O) groups is 2. The molecule has 0 radical (unpaired) electrons. The van der Waals surface area contributed by atoms with Crippen molar-refractivity contribution in [1.82, 2.24) is 0 Å². The third-order valence-electron chi connectivity index (χ3n) is 4.54. The van der Waals surface area contributed by atoms with Gasteiger partial charge in [-0.3, -0.25) is 9.59 Å². The molecule has 0 saturated heterocycles. The van der Waals surface area contributed by atoms with Crippen LogP contribution in [0.3, 0.4) is 0 Å². The second kappa shape index (κ2) is 14.0. The molecule has 136 valence electrons. The molecule has 5 heteroatoms. The number of carboxylic acid groups (broad SMARTS) is 2.